The molecule has 57 heavy (non-hydrogen) atoms. The first-order valence-electron chi connectivity index (χ1n) is 23.6. The molecular weight excluding hydrogens is 743 g/mol. The smallest absolute Gasteiger partial charge is 0.462 e. The van der Waals surface area contributed by atoms with E-state index in [4.69, 9.17) is 23.6 Å². The van der Waals surface area contributed by atoms with Crippen molar-refractivity contribution in [1.82, 2.24) is 0 Å². The van der Waals surface area contributed by atoms with Crippen LogP contribution in [0.15, 0.2) is 12.2 Å². The lowest BCUT2D eigenvalue weighted by Gasteiger charge is -2.20. The molecule has 0 aliphatic heterocycles. The Morgan fingerprint density at radius 3 is 1.26 bits per heavy atom. The number of allylic oxidation sites excluding steroid dienone is 2. The second-order valence-corrected chi connectivity index (χ2v) is 17.6. The van der Waals surface area contributed by atoms with Crippen molar-refractivity contribution in [2.75, 3.05) is 26.4 Å². The summed E-state index contributed by atoms with van der Waals surface area (Å²) in [6.07, 6.45) is 41.7. The van der Waals surface area contributed by atoms with Crippen LogP contribution in [0.5, 0.6) is 0 Å². The SMILES string of the molecule is CCCCCCCC/C=C\CCCCCCCCCCCC(=O)OC(COC(=O)CCCCCCCCCCCCCCCCC)COP(=O)(O)OCC(O)CO. The maximum Gasteiger partial charge on any atom is 0.472 e. The van der Waals surface area contributed by atoms with Crippen molar-refractivity contribution < 1.29 is 47.8 Å². The van der Waals surface area contributed by atoms with E-state index in [-0.39, 0.29) is 19.4 Å². The highest BCUT2D eigenvalue weighted by Gasteiger charge is 2.27. The number of esters is 2. The van der Waals surface area contributed by atoms with Crippen LogP contribution in [0.2, 0.25) is 0 Å². The number of phosphoric acid groups is 1. The molecule has 3 unspecified atom stereocenters. The number of aliphatic hydroxyl groups excluding tert-OH is 2. The van der Waals surface area contributed by atoms with Crippen LogP contribution < -0.4 is 0 Å². The summed E-state index contributed by atoms with van der Waals surface area (Å²) in [7, 11) is -4.61. The molecule has 0 amide bonds. The second kappa shape index (κ2) is 42.8. The normalized spacial score (nSPS) is 13.8. The minimum absolute atomic E-state index is 0.186. The van der Waals surface area contributed by atoms with Gasteiger partial charge in [0.1, 0.15) is 12.7 Å². The molecule has 0 saturated heterocycles. The molecule has 0 spiro atoms. The zero-order chi connectivity index (χ0) is 41.9. The van der Waals surface area contributed by atoms with Gasteiger partial charge in [0.2, 0.25) is 0 Å². The summed E-state index contributed by atoms with van der Waals surface area (Å²) in [5.74, 6) is -0.914. The van der Waals surface area contributed by atoms with E-state index in [2.05, 4.69) is 26.0 Å². The summed E-state index contributed by atoms with van der Waals surface area (Å²) >= 11 is 0. The molecule has 0 heterocycles. The van der Waals surface area contributed by atoms with Gasteiger partial charge in [0.05, 0.1) is 19.8 Å². The molecule has 11 heteroatoms. The number of hydrogen-bond donors (Lipinski definition) is 3. The summed E-state index contributed by atoms with van der Waals surface area (Å²) in [5, 5.41) is 18.4. The van der Waals surface area contributed by atoms with Gasteiger partial charge in [-0.3, -0.25) is 18.6 Å². The number of carbonyl (C=O) groups is 2. The molecule has 0 aliphatic carbocycles. The van der Waals surface area contributed by atoms with Crippen molar-refractivity contribution in [2.45, 2.75) is 244 Å². The molecule has 0 aromatic carbocycles. The Kier molecular flexibility index (Phi) is 41.9. The van der Waals surface area contributed by atoms with Crippen LogP contribution in [-0.4, -0.2) is 65.7 Å². The summed E-state index contributed by atoms with van der Waals surface area (Å²) in [5.41, 5.74) is 0. The largest absolute Gasteiger partial charge is 0.472 e. The Balaban J connectivity index is 4.21. The number of phosphoric ester groups is 1. The van der Waals surface area contributed by atoms with Crippen LogP contribution >= 0.6 is 7.82 Å². The monoisotopic (exact) mass is 833 g/mol. The molecule has 0 fully saturated rings. The maximum atomic E-state index is 12.6. The lowest BCUT2D eigenvalue weighted by Crippen LogP contribution is -2.29. The number of hydrogen-bond acceptors (Lipinski definition) is 9. The van der Waals surface area contributed by atoms with Crippen molar-refractivity contribution in [3.63, 3.8) is 0 Å². The van der Waals surface area contributed by atoms with Gasteiger partial charge in [-0.15, -0.1) is 0 Å². The van der Waals surface area contributed by atoms with Crippen LogP contribution in [0, 0.1) is 0 Å². The minimum Gasteiger partial charge on any atom is -0.462 e. The molecule has 3 N–H and O–H groups in total. The number of unbranched alkanes of at least 4 members (excludes halogenated alkanes) is 29. The first kappa shape index (κ1) is 55.7. The van der Waals surface area contributed by atoms with Crippen LogP contribution in [0.4, 0.5) is 0 Å². The lowest BCUT2D eigenvalue weighted by atomic mass is 10.0. The van der Waals surface area contributed by atoms with Crippen LogP contribution in [0.25, 0.3) is 0 Å². The van der Waals surface area contributed by atoms with E-state index in [9.17, 15) is 24.2 Å². The molecule has 0 radical (unpaired) electrons. The Morgan fingerprint density at radius 2 is 0.860 bits per heavy atom. The average molecular weight is 833 g/mol. The Bertz CT molecular complexity index is 961. The van der Waals surface area contributed by atoms with Crippen molar-refractivity contribution in [3.05, 3.63) is 12.2 Å². The highest BCUT2D eigenvalue weighted by Crippen LogP contribution is 2.43. The first-order valence-corrected chi connectivity index (χ1v) is 25.1. The van der Waals surface area contributed by atoms with Gasteiger partial charge in [0, 0.05) is 12.8 Å². The highest BCUT2D eigenvalue weighted by molar-refractivity contribution is 7.47. The number of aliphatic hydroxyl groups is 2. The summed E-state index contributed by atoms with van der Waals surface area (Å²) in [6, 6.07) is 0. The van der Waals surface area contributed by atoms with E-state index in [1.54, 1.807) is 0 Å². The fourth-order valence-electron chi connectivity index (χ4n) is 6.75. The molecule has 0 aliphatic rings. The molecule has 0 rings (SSSR count). The van der Waals surface area contributed by atoms with E-state index in [0.29, 0.717) is 12.8 Å². The first-order chi connectivity index (χ1) is 27.7. The minimum atomic E-state index is -4.61. The molecular formula is C46H89O10P. The van der Waals surface area contributed by atoms with Gasteiger partial charge < -0.3 is 24.6 Å². The van der Waals surface area contributed by atoms with Crippen LogP contribution in [0.1, 0.15) is 232 Å². The topological polar surface area (TPSA) is 149 Å². The summed E-state index contributed by atoms with van der Waals surface area (Å²) in [4.78, 5) is 35.1. The van der Waals surface area contributed by atoms with Gasteiger partial charge in [0.25, 0.3) is 0 Å². The predicted octanol–water partition coefficient (Wildman–Crippen LogP) is 12.8. The number of carbonyl (C=O) groups excluding carboxylic acids is 2. The Morgan fingerprint density at radius 1 is 0.509 bits per heavy atom. The zero-order valence-electron chi connectivity index (χ0n) is 36.8. The predicted molar refractivity (Wildman–Crippen MR) is 233 cm³/mol. The lowest BCUT2D eigenvalue weighted by molar-refractivity contribution is -0.161. The molecule has 0 saturated carbocycles. The molecule has 0 bridgehead atoms. The fraction of sp³-hybridized carbons (Fsp3) is 0.913. The second-order valence-electron chi connectivity index (χ2n) is 16.1. The number of rotatable bonds is 45. The van der Waals surface area contributed by atoms with Crippen molar-refractivity contribution in [1.29, 1.82) is 0 Å². The van der Waals surface area contributed by atoms with E-state index >= 15 is 0 Å². The van der Waals surface area contributed by atoms with Gasteiger partial charge in [-0.2, -0.15) is 0 Å². The van der Waals surface area contributed by atoms with Crippen LogP contribution in [0.3, 0.4) is 0 Å². The van der Waals surface area contributed by atoms with Crippen molar-refractivity contribution in [2.24, 2.45) is 0 Å². The molecule has 338 valence electrons. The zero-order valence-corrected chi connectivity index (χ0v) is 37.7. The van der Waals surface area contributed by atoms with E-state index in [1.807, 2.05) is 0 Å². The third kappa shape index (κ3) is 42.6. The van der Waals surface area contributed by atoms with E-state index in [1.165, 1.54) is 154 Å². The highest BCUT2D eigenvalue weighted by atomic mass is 31.2. The Hall–Kier alpha value is -1.29. The van der Waals surface area contributed by atoms with Gasteiger partial charge in [-0.1, -0.05) is 193 Å². The van der Waals surface area contributed by atoms with Crippen molar-refractivity contribution >= 4 is 19.8 Å². The molecule has 0 aromatic rings. The molecule has 3 atom stereocenters. The summed E-state index contributed by atoms with van der Waals surface area (Å²) < 4.78 is 32.8. The third-order valence-electron chi connectivity index (χ3n) is 10.4. The van der Waals surface area contributed by atoms with Gasteiger partial charge >= 0.3 is 19.8 Å². The van der Waals surface area contributed by atoms with E-state index < -0.39 is 51.8 Å². The van der Waals surface area contributed by atoms with Gasteiger partial charge in [0.15, 0.2) is 6.10 Å². The standard InChI is InChI=1S/C46H89O10P/c1-3-5-7-9-11-13-15-17-19-20-21-22-24-26-28-30-32-34-36-38-46(50)56-44(42-55-57(51,52)54-40-43(48)39-47)41-53-45(49)37-35-33-31-29-27-25-23-18-16-14-12-10-8-6-4-2/h17,19,43-44,47-48H,3-16,18,20-42H2,1-2H3,(H,51,52)/b19-17-. The summed E-state index contributed by atoms with van der Waals surface area (Å²) in [6.45, 7) is 2.42. The maximum absolute atomic E-state index is 12.6. The fourth-order valence-corrected chi connectivity index (χ4v) is 7.54. The number of ether oxygens (including phenoxy) is 2. The Labute approximate surface area is 349 Å². The van der Waals surface area contributed by atoms with Crippen molar-refractivity contribution in [3.8, 4) is 0 Å². The van der Waals surface area contributed by atoms with Gasteiger partial charge in [-0.25, -0.2) is 4.57 Å². The third-order valence-corrected chi connectivity index (χ3v) is 11.4. The van der Waals surface area contributed by atoms with E-state index in [0.717, 1.165) is 38.5 Å². The molecule has 0 aromatic heterocycles. The van der Waals surface area contributed by atoms with Gasteiger partial charge in [-0.05, 0) is 38.5 Å². The quantitative estimate of drug-likeness (QED) is 0.0234. The molecule has 10 nitrogen and oxygen atoms in total. The average Bonchev–Trinajstić information content (AvgIpc) is 3.20. The van der Waals surface area contributed by atoms with Crippen LogP contribution in [-0.2, 0) is 32.7 Å².